The van der Waals surface area contributed by atoms with Crippen molar-refractivity contribution in [2.45, 2.75) is 26.2 Å². The number of imide groups is 1. The van der Waals surface area contributed by atoms with Gasteiger partial charge in [0, 0.05) is 12.6 Å². The molecule has 2 amide bonds. The number of nitrogens with one attached hydrogen (secondary N) is 1. The fraction of sp³-hybridized carbons (Fsp3) is 0.412. The van der Waals surface area contributed by atoms with Crippen molar-refractivity contribution in [3.8, 4) is 0 Å². The first kappa shape index (κ1) is 16.2. The van der Waals surface area contributed by atoms with Gasteiger partial charge >= 0.3 is 0 Å². The van der Waals surface area contributed by atoms with E-state index in [1.54, 1.807) is 12.1 Å². The fourth-order valence-corrected chi connectivity index (χ4v) is 3.27. The van der Waals surface area contributed by atoms with Crippen LogP contribution in [0, 0.1) is 22.0 Å². The standard InChI is InChI=1S/C17H19N3O4/c1-2-9-18-14-8-7-11(10-15(14)20(23)24)19-16(21)12-5-3-4-6-13(12)17(19)22/h3-4,7-8,10,12-13,18H,2,5-6,9H2,1H3/t12-,13-/m1/s1. The van der Waals surface area contributed by atoms with E-state index in [0.717, 1.165) is 11.3 Å². The molecule has 2 atom stereocenters. The fourth-order valence-electron chi connectivity index (χ4n) is 3.27. The third-order valence-corrected chi connectivity index (χ3v) is 4.51. The first-order chi connectivity index (χ1) is 11.5. The highest BCUT2D eigenvalue weighted by molar-refractivity contribution is 6.22. The van der Waals surface area contributed by atoms with Gasteiger partial charge in [-0.05, 0) is 31.4 Å². The lowest BCUT2D eigenvalue weighted by molar-refractivity contribution is -0.383. The zero-order valence-corrected chi connectivity index (χ0v) is 13.4. The Bertz CT molecular complexity index is 703. The van der Waals surface area contributed by atoms with Crippen molar-refractivity contribution in [3.63, 3.8) is 0 Å². The van der Waals surface area contributed by atoms with Crippen molar-refractivity contribution in [1.29, 1.82) is 0 Å². The van der Waals surface area contributed by atoms with E-state index in [2.05, 4.69) is 5.32 Å². The highest BCUT2D eigenvalue weighted by Crippen LogP contribution is 2.39. The summed E-state index contributed by atoms with van der Waals surface area (Å²) in [6.45, 7) is 2.57. The SMILES string of the molecule is CCCNc1ccc(N2C(=O)[C@@H]3CC=CC[C@H]3C2=O)cc1[N+](=O)[O-]. The molecule has 24 heavy (non-hydrogen) atoms. The quantitative estimate of drug-likeness (QED) is 0.388. The second kappa shape index (κ2) is 6.43. The largest absolute Gasteiger partial charge is 0.380 e. The van der Waals surface area contributed by atoms with Gasteiger partial charge in [0.25, 0.3) is 5.69 Å². The molecule has 126 valence electrons. The van der Waals surface area contributed by atoms with Crippen LogP contribution in [0.4, 0.5) is 17.1 Å². The molecule has 0 spiro atoms. The molecule has 7 nitrogen and oxygen atoms in total. The molecule has 1 fully saturated rings. The van der Waals surface area contributed by atoms with Crippen LogP contribution in [-0.4, -0.2) is 23.3 Å². The average Bonchev–Trinajstić information content (AvgIpc) is 2.84. The Morgan fingerprint density at radius 2 is 1.83 bits per heavy atom. The lowest BCUT2D eigenvalue weighted by Crippen LogP contribution is -2.30. The van der Waals surface area contributed by atoms with Crippen LogP contribution in [0.15, 0.2) is 30.4 Å². The lowest BCUT2D eigenvalue weighted by atomic mass is 9.85. The number of fused-ring (bicyclic) bond motifs is 1. The first-order valence-electron chi connectivity index (χ1n) is 8.09. The summed E-state index contributed by atoms with van der Waals surface area (Å²) in [5.41, 5.74) is 0.534. The molecule has 1 aliphatic heterocycles. The van der Waals surface area contributed by atoms with Crippen molar-refractivity contribution in [2.75, 3.05) is 16.8 Å². The van der Waals surface area contributed by atoms with Crippen molar-refractivity contribution >= 4 is 28.9 Å². The number of anilines is 2. The molecule has 1 saturated heterocycles. The molecule has 7 heteroatoms. The summed E-state index contributed by atoms with van der Waals surface area (Å²) in [5, 5.41) is 14.3. The summed E-state index contributed by atoms with van der Waals surface area (Å²) in [5.74, 6) is -1.23. The number of hydrogen-bond acceptors (Lipinski definition) is 5. The monoisotopic (exact) mass is 329 g/mol. The minimum absolute atomic E-state index is 0.130. The molecule has 2 aliphatic rings. The zero-order chi connectivity index (χ0) is 17.3. The molecule has 1 aromatic carbocycles. The third-order valence-electron chi connectivity index (χ3n) is 4.51. The third kappa shape index (κ3) is 2.66. The van der Waals surface area contributed by atoms with Crippen LogP contribution in [0.1, 0.15) is 26.2 Å². The molecule has 0 bridgehead atoms. The van der Waals surface area contributed by atoms with E-state index < -0.39 is 4.92 Å². The van der Waals surface area contributed by atoms with Crippen LogP contribution < -0.4 is 10.2 Å². The summed E-state index contributed by atoms with van der Waals surface area (Å²) in [6, 6.07) is 4.45. The summed E-state index contributed by atoms with van der Waals surface area (Å²) in [4.78, 5) is 37.1. The smallest absolute Gasteiger partial charge is 0.294 e. The van der Waals surface area contributed by atoms with E-state index in [-0.39, 0.29) is 35.0 Å². The maximum Gasteiger partial charge on any atom is 0.294 e. The van der Waals surface area contributed by atoms with Crippen LogP contribution in [0.3, 0.4) is 0 Å². The van der Waals surface area contributed by atoms with E-state index in [1.807, 2.05) is 19.1 Å². The number of allylic oxidation sites excluding steroid dienone is 2. The number of benzene rings is 1. The predicted octanol–water partition coefficient (Wildman–Crippen LogP) is 2.87. The second-order valence-electron chi connectivity index (χ2n) is 6.05. The first-order valence-corrected chi connectivity index (χ1v) is 8.09. The van der Waals surface area contributed by atoms with Gasteiger partial charge in [-0.1, -0.05) is 19.1 Å². The van der Waals surface area contributed by atoms with Gasteiger partial charge in [0.05, 0.1) is 22.4 Å². The van der Waals surface area contributed by atoms with Gasteiger partial charge < -0.3 is 5.32 Å². The number of nitrogens with zero attached hydrogens (tertiary/aromatic N) is 2. The molecule has 3 rings (SSSR count). The highest BCUT2D eigenvalue weighted by atomic mass is 16.6. The average molecular weight is 329 g/mol. The van der Waals surface area contributed by atoms with Gasteiger partial charge in [-0.3, -0.25) is 19.7 Å². The van der Waals surface area contributed by atoms with Crippen LogP contribution >= 0.6 is 0 Å². The van der Waals surface area contributed by atoms with Crippen LogP contribution in [0.25, 0.3) is 0 Å². The van der Waals surface area contributed by atoms with Gasteiger partial charge in [-0.2, -0.15) is 0 Å². The predicted molar refractivity (Wildman–Crippen MR) is 89.7 cm³/mol. The summed E-state index contributed by atoms with van der Waals surface area (Å²) in [6.07, 6.45) is 5.75. The number of carbonyl (C=O) groups excluding carboxylic acids is 2. The molecule has 1 aliphatic carbocycles. The van der Waals surface area contributed by atoms with Crippen LogP contribution in [0.5, 0.6) is 0 Å². The maximum absolute atomic E-state index is 12.6. The lowest BCUT2D eigenvalue weighted by Gasteiger charge is -2.16. The van der Waals surface area contributed by atoms with Gasteiger partial charge in [0.2, 0.25) is 11.8 Å². The van der Waals surface area contributed by atoms with E-state index in [0.29, 0.717) is 25.1 Å². The minimum Gasteiger partial charge on any atom is -0.380 e. The number of amides is 2. The number of nitro groups is 1. The topological polar surface area (TPSA) is 92.6 Å². The number of rotatable bonds is 5. The molecule has 1 aromatic rings. The van der Waals surface area contributed by atoms with Crippen molar-refractivity contribution in [1.82, 2.24) is 0 Å². The summed E-state index contributed by atoms with van der Waals surface area (Å²) >= 11 is 0. The Morgan fingerprint density at radius 3 is 2.38 bits per heavy atom. The van der Waals surface area contributed by atoms with Crippen molar-refractivity contribution in [3.05, 3.63) is 40.5 Å². The Hall–Kier alpha value is -2.70. The van der Waals surface area contributed by atoms with E-state index >= 15 is 0 Å². The number of carbonyl (C=O) groups is 2. The molecular weight excluding hydrogens is 310 g/mol. The second-order valence-corrected chi connectivity index (χ2v) is 6.05. The highest BCUT2D eigenvalue weighted by Gasteiger charge is 2.48. The normalized spacial score (nSPS) is 22.6. The Labute approximate surface area is 139 Å². The summed E-state index contributed by atoms with van der Waals surface area (Å²) < 4.78 is 0. The van der Waals surface area contributed by atoms with E-state index in [9.17, 15) is 19.7 Å². The minimum atomic E-state index is -0.499. The van der Waals surface area contributed by atoms with Gasteiger partial charge in [-0.25, -0.2) is 4.90 Å². The molecule has 1 N–H and O–H groups in total. The maximum atomic E-state index is 12.6. The van der Waals surface area contributed by atoms with Crippen molar-refractivity contribution in [2.24, 2.45) is 11.8 Å². The van der Waals surface area contributed by atoms with E-state index in [4.69, 9.17) is 0 Å². The van der Waals surface area contributed by atoms with Crippen molar-refractivity contribution < 1.29 is 14.5 Å². The molecule has 1 heterocycles. The Kier molecular flexibility index (Phi) is 4.33. The van der Waals surface area contributed by atoms with Crippen LogP contribution in [-0.2, 0) is 9.59 Å². The molecule has 0 radical (unpaired) electrons. The zero-order valence-electron chi connectivity index (χ0n) is 13.4. The molecule has 0 saturated carbocycles. The molecule has 0 aromatic heterocycles. The molecule has 0 unspecified atom stereocenters. The Morgan fingerprint density at radius 1 is 1.21 bits per heavy atom. The number of nitro benzene ring substituents is 1. The van der Waals surface area contributed by atoms with Crippen LogP contribution in [0.2, 0.25) is 0 Å². The van der Waals surface area contributed by atoms with E-state index in [1.165, 1.54) is 6.07 Å². The Balaban J connectivity index is 1.95. The summed E-state index contributed by atoms with van der Waals surface area (Å²) in [7, 11) is 0. The van der Waals surface area contributed by atoms with Gasteiger partial charge in [-0.15, -0.1) is 0 Å². The molecular formula is C17H19N3O4. The van der Waals surface area contributed by atoms with Gasteiger partial charge in [0.15, 0.2) is 0 Å². The number of hydrogen-bond donors (Lipinski definition) is 1. The van der Waals surface area contributed by atoms with Gasteiger partial charge in [0.1, 0.15) is 5.69 Å².